The fourth-order valence-electron chi connectivity index (χ4n) is 2.36. The van der Waals surface area contributed by atoms with E-state index in [0.29, 0.717) is 22.8 Å². The third-order valence-electron chi connectivity index (χ3n) is 3.64. The zero-order valence-corrected chi connectivity index (χ0v) is 14.1. The number of hydrogen-bond acceptors (Lipinski definition) is 3. The van der Waals surface area contributed by atoms with Gasteiger partial charge < -0.3 is 5.32 Å². The van der Waals surface area contributed by atoms with Crippen molar-refractivity contribution < 1.29 is 4.79 Å². The van der Waals surface area contributed by atoms with Gasteiger partial charge in [0.2, 0.25) is 5.91 Å². The van der Waals surface area contributed by atoms with E-state index in [1.807, 2.05) is 48.5 Å². The molecular formula is C19H16ClN3O2. The molecule has 0 fully saturated rings. The van der Waals surface area contributed by atoms with Crippen LogP contribution in [-0.4, -0.2) is 15.7 Å². The van der Waals surface area contributed by atoms with E-state index >= 15 is 0 Å². The van der Waals surface area contributed by atoms with Crippen LogP contribution in [0.3, 0.4) is 0 Å². The molecular weight excluding hydrogens is 338 g/mol. The Morgan fingerprint density at radius 2 is 1.72 bits per heavy atom. The molecule has 0 radical (unpaired) electrons. The second-order valence-corrected chi connectivity index (χ2v) is 5.86. The van der Waals surface area contributed by atoms with Crippen LogP contribution in [-0.2, 0) is 17.9 Å². The summed E-state index contributed by atoms with van der Waals surface area (Å²) in [6, 6.07) is 19.8. The lowest BCUT2D eigenvalue weighted by Gasteiger charge is -2.09. The molecule has 2 aromatic carbocycles. The second-order valence-electron chi connectivity index (χ2n) is 5.46. The number of benzene rings is 2. The molecule has 0 saturated heterocycles. The van der Waals surface area contributed by atoms with Gasteiger partial charge in [0, 0.05) is 18.2 Å². The van der Waals surface area contributed by atoms with Crippen molar-refractivity contribution in [3.05, 3.63) is 87.7 Å². The van der Waals surface area contributed by atoms with Crippen molar-refractivity contribution in [1.29, 1.82) is 0 Å². The number of aromatic nitrogens is 2. The molecule has 0 unspecified atom stereocenters. The van der Waals surface area contributed by atoms with E-state index in [-0.39, 0.29) is 18.0 Å². The average Bonchev–Trinajstić information content (AvgIpc) is 2.63. The average molecular weight is 354 g/mol. The molecule has 5 nitrogen and oxygen atoms in total. The van der Waals surface area contributed by atoms with Gasteiger partial charge in [-0.05, 0) is 17.7 Å². The minimum atomic E-state index is -0.342. The quantitative estimate of drug-likeness (QED) is 0.767. The smallest absolute Gasteiger partial charge is 0.267 e. The van der Waals surface area contributed by atoms with E-state index in [1.165, 1.54) is 6.07 Å². The summed E-state index contributed by atoms with van der Waals surface area (Å²) in [7, 11) is 0. The third kappa shape index (κ3) is 4.33. The van der Waals surface area contributed by atoms with Gasteiger partial charge in [-0.25, -0.2) is 4.68 Å². The Hall–Kier alpha value is -2.92. The molecule has 0 aliphatic heterocycles. The van der Waals surface area contributed by atoms with E-state index < -0.39 is 0 Å². The summed E-state index contributed by atoms with van der Waals surface area (Å²) in [4.78, 5) is 24.1. The molecule has 1 N–H and O–H groups in total. The number of carbonyl (C=O) groups excluding carboxylic acids is 1. The van der Waals surface area contributed by atoms with Gasteiger partial charge in [0.1, 0.15) is 6.54 Å². The van der Waals surface area contributed by atoms with E-state index in [1.54, 1.807) is 12.1 Å². The Morgan fingerprint density at radius 3 is 2.48 bits per heavy atom. The topological polar surface area (TPSA) is 64.0 Å². The van der Waals surface area contributed by atoms with Crippen molar-refractivity contribution in [2.45, 2.75) is 13.1 Å². The SMILES string of the molecule is O=C(Cn1nc(-c2ccccc2Cl)ccc1=O)NCc1ccccc1. The van der Waals surface area contributed by atoms with Gasteiger partial charge in [0.05, 0.1) is 10.7 Å². The number of rotatable bonds is 5. The van der Waals surface area contributed by atoms with Crippen molar-refractivity contribution >= 4 is 17.5 Å². The molecule has 126 valence electrons. The van der Waals surface area contributed by atoms with Crippen molar-refractivity contribution in [3.63, 3.8) is 0 Å². The fraction of sp³-hybridized carbons (Fsp3) is 0.105. The highest BCUT2D eigenvalue weighted by Gasteiger charge is 2.09. The number of nitrogens with one attached hydrogen (secondary N) is 1. The minimum absolute atomic E-state index is 0.149. The summed E-state index contributed by atoms with van der Waals surface area (Å²) in [6.07, 6.45) is 0. The van der Waals surface area contributed by atoms with Crippen molar-refractivity contribution in [2.24, 2.45) is 0 Å². The van der Waals surface area contributed by atoms with Gasteiger partial charge in [0.15, 0.2) is 0 Å². The zero-order chi connectivity index (χ0) is 17.6. The number of halogens is 1. The number of amides is 1. The lowest BCUT2D eigenvalue weighted by Crippen LogP contribution is -2.33. The molecule has 0 atom stereocenters. The van der Waals surface area contributed by atoms with Gasteiger partial charge >= 0.3 is 0 Å². The molecule has 3 rings (SSSR count). The van der Waals surface area contributed by atoms with E-state index in [2.05, 4.69) is 10.4 Å². The first-order valence-electron chi connectivity index (χ1n) is 7.77. The molecule has 25 heavy (non-hydrogen) atoms. The molecule has 0 aliphatic carbocycles. The van der Waals surface area contributed by atoms with Gasteiger partial charge in [0.25, 0.3) is 5.56 Å². The number of carbonyl (C=O) groups is 1. The summed E-state index contributed by atoms with van der Waals surface area (Å²) in [5.41, 5.74) is 1.90. The highest BCUT2D eigenvalue weighted by Crippen LogP contribution is 2.24. The maximum atomic E-state index is 12.1. The summed E-state index contributed by atoms with van der Waals surface area (Å²) >= 11 is 6.17. The number of nitrogens with zero attached hydrogens (tertiary/aromatic N) is 2. The standard InChI is InChI=1S/C19H16ClN3O2/c20-16-9-5-4-8-15(16)17-10-11-19(25)23(22-17)13-18(24)21-12-14-6-2-1-3-7-14/h1-11H,12-13H2,(H,21,24). The largest absolute Gasteiger partial charge is 0.350 e. The van der Waals surface area contributed by atoms with Crippen LogP contribution in [0.25, 0.3) is 11.3 Å². The molecule has 0 spiro atoms. The van der Waals surface area contributed by atoms with Gasteiger partial charge in [-0.2, -0.15) is 5.10 Å². The van der Waals surface area contributed by atoms with Crippen LogP contribution in [0.2, 0.25) is 5.02 Å². The van der Waals surface area contributed by atoms with Crippen LogP contribution in [0.4, 0.5) is 0 Å². The lowest BCUT2D eigenvalue weighted by atomic mass is 10.1. The molecule has 1 aromatic heterocycles. The van der Waals surface area contributed by atoms with Crippen LogP contribution >= 0.6 is 11.6 Å². The van der Waals surface area contributed by atoms with Crippen LogP contribution < -0.4 is 10.9 Å². The Bertz CT molecular complexity index is 939. The Balaban J connectivity index is 1.74. The summed E-state index contributed by atoms with van der Waals surface area (Å²) in [5.74, 6) is -0.283. The predicted octanol–water partition coefficient (Wildman–Crippen LogP) is 2.88. The van der Waals surface area contributed by atoms with Crippen molar-refractivity contribution in [3.8, 4) is 11.3 Å². The van der Waals surface area contributed by atoms with E-state index in [4.69, 9.17) is 11.6 Å². The van der Waals surface area contributed by atoms with Gasteiger partial charge in [-0.15, -0.1) is 0 Å². The Morgan fingerprint density at radius 1 is 1.00 bits per heavy atom. The predicted molar refractivity (Wildman–Crippen MR) is 97.2 cm³/mol. The normalized spacial score (nSPS) is 10.4. The highest BCUT2D eigenvalue weighted by atomic mass is 35.5. The van der Waals surface area contributed by atoms with Crippen molar-refractivity contribution in [2.75, 3.05) is 0 Å². The van der Waals surface area contributed by atoms with Crippen LogP contribution in [0, 0.1) is 0 Å². The monoisotopic (exact) mass is 353 g/mol. The molecule has 0 aliphatic rings. The first-order chi connectivity index (χ1) is 12.1. The summed E-state index contributed by atoms with van der Waals surface area (Å²) in [6.45, 7) is 0.253. The zero-order valence-electron chi connectivity index (χ0n) is 13.4. The fourth-order valence-corrected chi connectivity index (χ4v) is 2.60. The molecule has 3 aromatic rings. The molecule has 1 amide bonds. The second kappa shape index (κ2) is 7.77. The van der Waals surface area contributed by atoms with Crippen LogP contribution in [0.5, 0.6) is 0 Å². The molecule has 6 heteroatoms. The van der Waals surface area contributed by atoms with E-state index in [0.717, 1.165) is 10.2 Å². The minimum Gasteiger partial charge on any atom is -0.350 e. The maximum Gasteiger partial charge on any atom is 0.267 e. The first-order valence-corrected chi connectivity index (χ1v) is 8.15. The third-order valence-corrected chi connectivity index (χ3v) is 3.97. The summed E-state index contributed by atoms with van der Waals surface area (Å²) < 4.78 is 1.14. The lowest BCUT2D eigenvalue weighted by molar-refractivity contribution is -0.122. The van der Waals surface area contributed by atoms with Crippen molar-refractivity contribution in [1.82, 2.24) is 15.1 Å². The molecule has 0 saturated carbocycles. The van der Waals surface area contributed by atoms with Crippen LogP contribution in [0.1, 0.15) is 5.56 Å². The van der Waals surface area contributed by atoms with E-state index in [9.17, 15) is 9.59 Å². The van der Waals surface area contributed by atoms with Gasteiger partial charge in [-0.3, -0.25) is 9.59 Å². The molecule has 0 bridgehead atoms. The summed E-state index contributed by atoms with van der Waals surface area (Å²) in [5, 5.41) is 7.57. The van der Waals surface area contributed by atoms with Crippen LogP contribution in [0.15, 0.2) is 71.5 Å². The maximum absolute atomic E-state index is 12.1. The first kappa shape index (κ1) is 16.9. The highest BCUT2D eigenvalue weighted by molar-refractivity contribution is 6.33. The Labute approximate surface area is 149 Å². The molecule has 1 heterocycles. The Kier molecular flexibility index (Phi) is 5.26. The number of hydrogen-bond donors (Lipinski definition) is 1. The van der Waals surface area contributed by atoms with Gasteiger partial charge in [-0.1, -0.05) is 60.1 Å².